The van der Waals surface area contributed by atoms with Crippen LogP contribution in [0.3, 0.4) is 0 Å². The first-order valence-corrected chi connectivity index (χ1v) is 15.8. The van der Waals surface area contributed by atoms with Crippen molar-refractivity contribution in [1.82, 2.24) is 19.3 Å². The third kappa shape index (κ3) is 4.89. The first-order valence-electron chi connectivity index (χ1n) is 14.6. The molecule has 0 radical (unpaired) electrons. The summed E-state index contributed by atoms with van der Waals surface area (Å²) in [6.45, 7) is 3.70. The molecule has 0 bridgehead atoms. The van der Waals surface area contributed by atoms with Gasteiger partial charge >= 0.3 is 0 Å². The molecule has 3 aromatic rings. The molecule has 43 heavy (non-hydrogen) atoms. The van der Waals surface area contributed by atoms with Crippen molar-refractivity contribution in [2.75, 3.05) is 23.3 Å². The van der Waals surface area contributed by atoms with Crippen molar-refractivity contribution in [3.63, 3.8) is 0 Å². The Bertz CT molecular complexity index is 1720. The summed E-state index contributed by atoms with van der Waals surface area (Å²) in [5, 5.41) is 13.9. The number of hydrogen-bond acceptors (Lipinski definition) is 9. The molecule has 10 nitrogen and oxygen atoms in total. The number of benzene rings is 1. The number of amides is 1. The highest BCUT2D eigenvalue weighted by Gasteiger charge is 2.43. The lowest BCUT2D eigenvalue weighted by atomic mass is 9.74. The van der Waals surface area contributed by atoms with E-state index in [0.717, 1.165) is 53.7 Å². The number of halogens is 1. The molecule has 2 aromatic heterocycles. The number of aliphatic hydroxyl groups excluding tert-OH is 1. The van der Waals surface area contributed by atoms with Crippen LogP contribution in [0.5, 0.6) is 0 Å². The Hall–Kier alpha value is -3.80. The molecule has 2 fully saturated rings. The van der Waals surface area contributed by atoms with Gasteiger partial charge in [-0.25, -0.2) is 9.97 Å². The molecule has 2 atom stereocenters. The summed E-state index contributed by atoms with van der Waals surface area (Å²) in [5.74, 6) is 0.682. The Morgan fingerprint density at radius 3 is 2.81 bits per heavy atom. The van der Waals surface area contributed by atoms with E-state index in [2.05, 4.69) is 20.2 Å². The van der Waals surface area contributed by atoms with Gasteiger partial charge in [-0.15, -0.1) is 0 Å². The van der Waals surface area contributed by atoms with Crippen LogP contribution in [0.4, 0.5) is 11.6 Å². The third-order valence-electron chi connectivity index (χ3n) is 9.23. The number of fused-ring (bicyclic) bond motifs is 2. The molecule has 1 spiro atoms. The topological polar surface area (TPSA) is 124 Å². The Morgan fingerprint density at radius 1 is 1.19 bits per heavy atom. The second kappa shape index (κ2) is 11.0. The van der Waals surface area contributed by atoms with Gasteiger partial charge in [0.2, 0.25) is 11.8 Å². The number of imidazole rings is 1. The summed E-state index contributed by atoms with van der Waals surface area (Å²) in [4.78, 5) is 32.8. The average Bonchev–Trinajstić information content (AvgIpc) is 3.63. The highest BCUT2D eigenvalue weighted by Crippen LogP contribution is 2.46. The van der Waals surface area contributed by atoms with Gasteiger partial charge in [0.05, 0.1) is 21.6 Å². The lowest BCUT2D eigenvalue weighted by Crippen LogP contribution is -2.47. The van der Waals surface area contributed by atoms with Crippen LogP contribution in [0, 0.1) is 5.41 Å². The summed E-state index contributed by atoms with van der Waals surface area (Å²) in [6.07, 6.45) is 18.6. The molecule has 12 heteroatoms. The number of nitrogens with zero attached hydrogens (tertiary/aromatic N) is 6. The second-order valence-electron chi connectivity index (χ2n) is 11.6. The smallest absolute Gasteiger partial charge is 0.259 e. The van der Waals surface area contributed by atoms with Crippen LogP contribution in [0.1, 0.15) is 39.0 Å². The van der Waals surface area contributed by atoms with E-state index < -0.39 is 11.9 Å². The molecule has 1 amide bonds. The third-order valence-corrected chi connectivity index (χ3v) is 10.8. The van der Waals surface area contributed by atoms with Crippen molar-refractivity contribution in [1.29, 1.82) is 0 Å². The molecule has 1 aromatic carbocycles. The first-order chi connectivity index (χ1) is 20.8. The number of anilines is 2. The number of rotatable bonds is 5. The van der Waals surface area contributed by atoms with Gasteiger partial charge in [-0.05, 0) is 62.3 Å². The van der Waals surface area contributed by atoms with E-state index in [1.807, 2.05) is 59.1 Å². The fraction of sp³-hybridized carbons (Fsp3) is 0.355. The minimum Gasteiger partial charge on any atom is -0.493 e. The maximum Gasteiger partial charge on any atom is 0.259 e. The van der Waals surface area contributed by atoms with E-state index in [1.165, 1.54) is 24.6 Å². The van der Waals surface area contributed by atoms with E-state index in [4.69, 9.17) is 22.3 Å². The molecule has 1 unspecified atom stereocenters. The zero-order valence-electron chi connectivity index (χ0n) is 23.8. The molecule has 7 rings (SSSR count). The van der Waals surface area contributed by atoms with Gasteiger partial charge in [-0.3, -0.25) is 9.20 Å². The number of aliphatic hydroxyl groups is 1. The Kier molecular flexibility index (Phi) is 7.19. The Labute approximate surface area is 259 Å². The van der Waals surface area contributed by atoms with Crippen molar-refractivity contribution in [2.24, 2.45) is 16.1 Å². The zero-order valence-corrected chi connectivity index (χ0v) is 25.4. The Morgan fingerprint density at radius 2 is 2.02 bits per heavy atom. The fourth-order valence-electron chi connectivity index (χ4n) is 6.78. The zero-order chi connectivity index (χ0) is 29.7. The summed E-state index contributed by atoms with van der Waals surface area (Å²) in [5.41, 5.74) is 8.18. The summed E-state index contributed by atoms with van der Waals surface area (Å²) in [7, 11) is 0. The molecule has 1 saturated carbocycles. The minimum atomic E-state index is -0.469. The molecule has 1 saturated heterocycles. The predicted molar refractivity (Wildman–Crippen MR) is 170 cm³/mol. The summed E-state index contributed by atoms with van der Waals surface area (Å²) >= 11 is 8.28. The van der Waals surface area contributed by atoms with Gasteiger partial charge in [0, 0.05) is 48.8 Å². The highest BCUT2D eigenvalue weighted by molar-refractivity contribution is 7.99. The van der Waals surface area contributed by atoms with Crippen LogP contribution in [0.25, 0.3) is 5.65 Å². The van der Waals surface area contributed by atoms with E-state index >= 15 is 0 Å². The molecular weight excluding hydrogens is 584 g/mol. The number of carbonyl (C=O) groups is 1. The molecule has 222 valence electrons. The quantitative estimate of drug-likeness (QED) is 0.342. The van der Waals surface area contributed by atoms with Crippen LogP contribution in [0.2, 0.25) is 5.02 Å². The van der Waals surface area contributed by atoms with Gasteiger partial charge in [0.1, 0.15) is 11.4 Å². The first kappa shape index (κ1) is 28.0. The van der Waals surface area contributed by atoms with Crippen molar-refractivity contribution in [3.05, 3.63) is 77.7 Å². The number of nitrogens with two attached hydrogens (primary N) is 1. The van der Waals surface area contributed by atoms with Gasteiger partial charge in [-0.2, -0.15) is 4.99 Å². The number of carbonyl (C=O) groups excluding carboxylic acids is 1. The maximum absolute atomic E-state index is 13.3. The molecule has 4 aliphatic rings. The SMILES string of the molecule is C[C@@H]1C(C(=O)Nc2cccc(Sc3cnc(N4CCC5(CCCC5N)CC4)n4ccnc34)c2Cl)=C(O)N=C2C=CC=CN21. The van der Waals surface area contributed by atoms with E-state index in [-0.39, 0.29) is 16.9 Å². The van der Waals surface area contributed by atoms with Crippen molar-refractivity contribution in [3.8, 4) is 0 Å². The van der Waals surface area contributed by atoms with Crippen molar-refractivity contribution < 1.29 is 9.90 Å². The number of aliphatic imine (C=N–C) groups is 1. The van der Waals surface area contributed by atoms with Crippen LogP contribution in [-0.2, 0) is 4.79 Å². The summed E-state index contributed by atoms with van der Waals surface area (Å²) in [6, 6.07) is 5.35. The van der Waals surface area contributed by atoms with E-state index in [1.54, 1.807) is 18.3 Å². The number of nitrogens with one attached hydrogen (secondary N) is 1. The van der Waals surface area contributed by atoms with Crippen molar-refractivity contribution in [2.45, 2.75) is 60.9 Å². The van der Waals surface area contributed by atoms with Crippen LogP contribution < -0.4 is 16.0 Å². The lowest BCUT2D eigenvalue weighted by Gasteiger charge is -2.42. The molecule has 4 N–H and O–H groups in total. The van der Waals surface area contributed by atoms with Crippen LogP contribution in [0.15, 0.2) is 87.5 Å². The second-order valence-corrected chi connectivity index (χ2v) is 13.0. The Balaban J connectivity index is 1.10. The monoisotopic (exact) mass is 616 g/mol. The number of allylic oxidation sites excluding steroid dienone is 2. The molecule has 1 aliphatic carbocycles. The largest absolute Gasteiger partial charge is 0.493 e. The lowest BCUT2D eigenvalue weighted by molar-refractivity contribution is -0.113. The summed E-state index contributed by atoms with van der Waals surface area (Å²) < 4.78 is 2.03. The maximum atomic E-state index is 13.3. The molecule has 3 aliphatic heterocycles. The van der Waals surface area contributed by atoms with Crippen molar-refractivity contribution >= 4 is 52.4 Å². The standard InChI is InChI=1S/C31H33ClN8O2S/c1-19-25(29(42)37-24-9-2-3-14-39(19)24)28(41)36-20-6-4-7-21(26(20)32)43-22-18-35-30(40-17-13-34-27(22)40)38-15-11-31(12-16-38)10-5-8-23(31)33/h2-4,6-7,9,13-14,17-19,23,42H,5,8,10-12,15-16,33H2,1H3,(H,36,41)/t19-,23?/m1/s1. The van der Waals surface area contributed by atoms with Crippen LogP contribution >= 0.6 is 23.4 Å². The van der Waals surface area contributed by atoms with Gasteiger partial charge < -0.3 is 26.0 Å². The molecular formula is C31H33ClN8O2S. The van der Waals surface area contributed by atoms with Gasteiger partial charge in [0.25, 0.3) is 5.91 Å². The number of amidine groups is 1. The highest BCUT2D eigenvalue weighted by atomic mass is 35.5. The van der Waals surface area contributed by atoms with Crippen LogP contribution in [-0.4, -0.2) is 61.3 Å². The fourth-order valence-corrected chi connectivity index (χ4v) is 8.00. The normalized spacial score (nSPS) is 22.8. The molecule has 5 heterocycles. The number of piperidine rings is 1. The van der Waals surface area contributed by atoms with Gasteiger partial charge in [0.15, 0.2) is 5.65 Å². The minimum absolute atomic E-state index is 0.162. The van der Waals surface area contributed by atoms with E-state index in [9.17, 15) is 9.90 Å². The number of aromatic nitrogens is 3. The number of hydrogen-bond donors (Lipinski definition) is 3. The average molecular weight is 617 g/mol. The van der Waals surface area contributed by atoms with E-state index in [0.29, 0.717) is 22.6 Å². The predicted octanol–water partition coefficient (Wildman–Crippen LogP) is 5.53. The van der Waals surface area contributed by atoms with Gasteiger partial charge in [-0.1, -0.05) is 41.9 Å².